The second-order valence-electron chi connectivity index (χ2n) is 6.80. The average molecular weight is 290 g/mol. The van der Waals surface area contributed by atoms with Crippen LogP contribution in [0.15, 0.2) is 24.3 Å². The van der Waals surface area contributed by atoms with Gasteiger partial charge in [0.2, 0.25) is 0 Å². The van der Waals surface area contributed by atoms with Crippen LogP contribution in [0.3, 0.4) is 0 Å². The van der Waals surface area contributed by atoms with Gasteiger partial charge in [0.05, 0.1) is 6.10 Å². The van der Waals surface area contributed by atoms with E-state index in [4.69, 9.17) is 4.74 Å². The van der Waals surface area contributed by atoms with Crippen LogP contribution in [0.2, 0.25) is 0 Å². The van der Waals surface area contributed by atoms with Gasteiger partial charge in [0, 0.05) is 25.2 Å². The third kappa shape index (κ3) is 4.72. The van der Waals surface area contributed by atoms with Crippen molar-refractivity contribution in [3.05, 3.63) is 29.8 Å². The molecule has 3 nitrogen and oxygen atoms in total. The standard InChI is InChI=1S/C18H30N2O/c1-13(2)21-17-8-6-16(7-9-17)11-19-18-10-15(4)20(5)12-14(18)3/h6-9,13-15,18-19H,10-12H2,1-5H3/t14-,15-,18-/m1/s1. The van der Waals surface area contributed by atoms with Crippen molar-refractivity contribution in [1.82, 2.24) is 10.2 Å². The molecule has 0 unspecified atom stereocenters. The summed E-state index contributed by atoms with van der Waals surface area (Å²) in [6.07, 6.45) is 1.46. The lowest BCUT2D eigenvalue weighted by molar-refractivity contribution is 0.121. The Bertz CT molecular complexity index is 429. The Morgan fingerprint density at radius 3 is 2.52 bits per heavy atom. The van der Waals surface area contributed by atoms with Crippen molar-refractivity contribution in [1.29, 1.82) is 0 Å². The van der Waals surface area contributed by atoms with E-state index >= 15 is 0 Å². The van der Waals surface area contributed by atoms with Gasteiger partial charge in [-0.15, -0.1) is 0 Å². The first kappa shape index (κ1) is 16.3. The van der Waals surface area contributed by atoms with Crippen LogP contribution in [0, 0.1) is 5.92 Å². The second-order valence-corrected chi connectivity index (χ2v) is 6.80. The Morgan fingerprint density at radius 2 is 1.90 bits per heavy atom. The molecule has 1 heterocycles. The van der Waals surface area contributed by atoms with Gasteiger partial charge < -0.3 is 15.0 Å². The quantitative estimate of drug-likeness (QED) is 0.900. The van der Waals surface area contributed by atoms with Crippen LogP contribution in [-0.4, -0.2) is 36.7 Å². The minimum Gasteiger partial charge on any atom is -0.491 e. The number of hydrogen-bond donors (Lipinski definition) is 1. The van der Waals surface area contributed by atoms with Gasteiger partial charge in [0.15, 0.2) is 0 Å². The molecule has 0 spiro atoms. The summed E-state index contributed by atoms with van der Waals surface area (Å²) in [7, 11) is 2.23. The van der Waals surface area contributed by atoms with Crippen molar-refractivity contribution in [2.45, 2.75) is 58.8 Å². The molecule has 1 aromatic carbocycles. The van der Waals surface area contributed by atoms with Gasteiger partial charge in [0.25, 0.3) is 0 Å². The zero-order valence-electron chi connectivity index (χ0n) is 14.1. The van der Waals surface area contributed by atoms with Crippen molar-refractivity contribution >= 4 is 0 Å². The highest BCUT2D eigenvalue weighted by atomic mass is 16.5. The van der Waals surface area contributed by atoms with Crippen LogP contribution < -0.4 is 10.1 Å². The summed E-state index contributed by atoms with van der Waals surface area (Å²) >= 11 is 0. The smallest absolute Gasteiger partial charge is 0.119 e. The van der Waals surface area contributed by atoms with Gasteiger partial charge >= 0.3 is 0 Å². The number of hydrogen-bond acceptors (Lipinski definition) is 3. The van der Waals surface area contributed by atoms with Crippen molar-refractivity contribution < 1.29 is 4.74 Å². The Kier molecular flexibility index (Phi) is 5.65. The molecule has 1 saturated heterocycles. The molecular weight excluding hydrogens is 260 g/mol. The molecule has 0 radical (unpaired) electrons. The fourth-order valence-corrected chi connectivity index (χ4v) is 3.03. The highest BCUT2D eigenvalue weighted by molar-refractivity contribution is 5.27. The number of benzene rings is 1. The molecule has 118 valence electrons. The van der Waals surface area contributed by atoms with Crippen LogP contribution in [0.5, 0.6) is 5.75 Å². The van der Waals surface area contributed by atoms with Crippen LogP contribution in [0.25, 0.3) is 0 Å². The molecule has 3 atom stereocenters. The number of piperidine rings is 1. The van der Waals surface area contributed by atoms with Gasteiger partial charge in [-0.25, -0.2) is 0 Å². The molecule has 1 aliphatic rings. The molecule has 0 aromatic heterocycles. The van der Waals surface area contributed by atoms with E-state index in [9.17, 15) is 0 Å². The first-order valence-electron chi connectivity index (χ1n) is 8.15. The van der Waals surface area contributed by atoms with Crippen molar-refractivity contribution in [2.75, 3.05) is 13.6 Å². The summed E-state index contributed by atoms with van der Waals surface area (Å²) in [4.78, 5) is 2.46. The van der Waals surface area contributed by atoms with Gasteiger partial charge in [-0.2, -0.15) is 0 Å². The van der Waals surface area contributed by atoms with E-state index < -0.39 is 0 Å². The van der Waals surface area contributed by atoms with E-state index in [1.807, 2.05) is 0 Å². The van der Waals surface area contributed by atoms with E-state index in [2.05, 4.69) is 69.2 Å². The van der Waals surface area contributed by atoms with E-state index in [1.54, 1.807) is 0 Å². The molecule has 21 heavy (non-hydrogen) atoms. The highest BCUT2D eigenvalue weighted by Gasteiger charge is 2.28. The first-order chi connectivity index (χ1) is 9.95. The van der Waals surface area contributed by atoms with Crippen molar-refractivity contribution in [3.63, 3.8) is 0 Å². The SMILES string of the molecule is CC(C)Oc1ccc(CN[C@@H]2C[C@@H](C)N(C)C[C@H]2C)cc1. The summed E-state index contributed by atoms with van der Waals surface area (Å²) in [5.41, 5.74) is 1.32. The molecule has 0 amide bonds. The fourth-order valence-electron chi connectivity index (χ4n) is 3.03. The van der Waals surface area contributed by atoms with Crippen LogP contribution >= 0.6 is 0 Å². The predicted octanol–water partition coefficient (Wildman–Crippen LogP) is 3.29. The van der Waals surface area contributed by atoms with Crippen LogP contribution in [0.1, 0.15) is 39.7 Å². The zero-order chi connectivity index (χ0) is 15.4. The molecule has 2 rings (SSSR count). The third-order valence-corrected chi connectivity index (χ3v) is 4.47. The summed E-state index contributed by atoms with van der Waals surface area (Å²) in [5, 5.41) is 3.73. The number of ether oxygens (including phenoxy) is 1. The molecule has 1 N–H and O–H groups in total. The largest absolute Gasteiger partial charge is 0.491 e. The van der Waals surface area contributed by atoms with E-state index in [0.29, 0.717) is 18.0 Å². The fraction of sp³-hybridized carbons (Fsp3) is 0.667. The Hall–Kier alpha value is -1.06. The topological polar surface area (TPSA) is 24.5 Å². The summed E-state index contributed by atoms with van der Waals surface area (Å²) in [5.74, 6) is 1.66. The molecule has 1 aliphatic heterocycles. The zero-order valence-corrected chi connectivity index (χ0v) is 14.1. The average Bonchev–Trinajstić information content (AvgIpc) is 2.42. The van der Waals surface area contributed by atoms with E-state index in [0.717, 1.165) is 12.3 Å². The maximum Gasteiger partial charge on any atom is 0.119 e. The van der Waals surface area contributed by atoms with Crippen molar-refractivity contribution in [2.24, 2.45) is 5.92 Å². The second kappa shape index (κ2) is 7.28. The third-order valence-electron chi connectivity index (χ3n) is 4.47. The number of rotatable bonds is 5. The normalized spacial score (nSPS) is 27.0. The monoisotopic (exact) mass is 290 g/mol. The molecule has 0 aliphatic carbocycles. The van der Waals surface area contributed by atoms with E-state index in [-0.39, 0.29) is 6.10 Å². The summed E-state index contributed by atoms with van der Waals surface area (Å²) in [6, 6.07) is 9.74. The van der Waals surface area contributed by atoms with Crippen LogP contribution in [-0.2, 0) is 6.54 Å². The van der Waals surface area contributed by atoms with Gasteiger partial charge in [-0.1, -0.05) is 19.1 Å². The van der Waals surface area contributed by atoms with Crippen molar-refractivity contribution in [3.8, 4) is 5.75 Å². The molecule has 1 fully saturated rings. The maximum absolute atomic E-state index is 5.68. The maximum atomic E-state index is 5.68. The lowest BCUT2D eigenvalue weighted by Gasteiger charge is -2.40. The lowest BCUT2D eigenvalue weighted by atomic mass is 9.90. The molecular formula is C18H30N2O. The minimum atomic E-state index is 0.232. The molecule has 1 aromatic rings. The highest BCUT2D eigenvalue weighted by Crippen LogP contribution is 2.21. The number of nitrogens with zero attached hydrogens (tertiary/aromatic N) is 1. The molecule has 0 saturated carbocycles. The predicted molar refractivity (Wildman–Crippen MR) is 88.7 cm³/mol. The Labute approximate surface area is 129 Å². The van der Waals surface area contributed by atoms with Gasteiger partial charge in [-0.3, -0.25) is 0 Å². The van der Waals surface area contributed by atoms with Gasteiger partial charge in [-0.05, 0) is 57.9 Å². The van der Waals surface area contributed by atoms with E-state index in [1.165, 1.54) is 18.5 Å². The molecule has 3 heteroatoms. The molecule has 0 bridgehead atoms. The Balaban J connectivity index is 1.85. The minimum absolute atomic E-state index is 0.232. The van der Waals surface area contributed by atoms with Crippen LogP contribution in [0.4, 0.5) is 0 Å². The number of likely N-dealkylation sites (tertiary alicyclic amines) is 1. The number of nitrogens with one attached hydrogen (secondary N) is 1. The summed E-state index contributed by atoms with van der Waals surface area (Å²) in [6.45, 7) is 10.9. The summed E-state index contributed by atoms with van der Waals surface area (Å²) < 4.78 is 5.68. The Morgan fingerprint density at radius 1 is 1.24 bits per heavy atom. The first-order valence-corrected chi connectivity index (χ1v) is 8.15. The van der Waals surface area contributed by atoms with Gasteiger partial charge in [0.1, 0.15) is 5.75 Å². The lowest BCUT2D eigenvalue weighted by Crippen LogP contribution is -2.50.